The number of fused-ring (bicyclic) bond motifs is 2. The fourth-order valence-corrected chi connectivity index (χ4v) is 4.99. The van der Waals surface area contributed by atoms with Gasteiger partial charge in [-0.15, -0.1) is 0 Å². The predicted molar refractivity (Wildman–Crippen MR) is 140 cm³/mol. The molecule has 1 aromatic carbocycles. The molecule has 0 bridgehead atoms. The number of hydrogen-bond acceptors (Lipinski definition) is 8. The zero-order valence-electron chi connectivity index (χ0n) is 20.0. The van der Waals surface area contributed by atoms with Crippen molar-refractivity contribution >= 4 is 43.6 Å². The van der Waals surface area contributed by atoms with Crippen LogP contribution in [0.4, 0.5) is 0 Å². The Morgan fingerprint density at radius 2 is 1.86 bits per heavy atom. The highest BCUT2D eigenvalue weighted by Crippen LogP contribution is 2.34. The molecule has 4 aromatic heterocycles. The van der Waals surface area contributed by atoms with Crippen molar-refractivity contribution in [3.8, 4) is 17.1 Å². The zero-order valence-corrected chi connectivity index (χ0v) is 21.6. The van der Waals surface area contributed by atoms with Gasteiger partial charge in [0, 0.05) is 29.1 Å². The van der Waals surface area contributed by atoms with Gasteiger partial charge in [0.1, 0.15) is 22.6 Å². The molecule has 0 saturated heterocycles. The Labute approximate surface area is 217 Å². The number of sulfonamides is 1. The lowest BCUT2D eigenvalue weighted by Gasteiger charge is -2.19. The summed E-state index contributed by atoms with van der Waals surface area (Å²) in [7, 11) is -4.21. The van der Waals surface area contributed by atoms with Crippen molar-refractivity contribution in [3.05, 3.63) is 86.9 Å². The second kappa shape index (κ2) is 9.22. The number of ether oxygens (including phenoxy) is 1. The van der Waals surface area contributed by atoms with E-state index in [4.69, 9.17) is 25.9 Å². The third kappa shape index (κ3) is 4.66. The van der Waals surface area contributed by atoms with Crippen molar-refractivity contribution < 1.29 is 17.6 Å². The van der Waals surface area contributed by atoms with Crippen LogP contribution in [0.1, 0.15) is 29.7 Å². The van der Waals surface area contributed by atoms with Crippen LogP contribution in [-0.2, 0) is 10.0 Å². The molecule has 0 saturated carbocycles. The summed E-state index contributed by atoms with van der Waals surface area (Å²) in [5.41, 5.74) is 3.85. The first-order valence-corrected chi connectivity index (χ1v) is 13.1. The lowest BCUT2D eigenvalue weighted by Crippen LogP contribution is -2.17. The zero-order chi connectivity index (χ0) is 26.5. The highest BCUT2D eigenvalue weighted by molar-refractivity contribution is 7.89. The first-order chi connectivity index (χ1) is 17.5. The molecule has 0 radical (unpaired) electrons. The maximum atomic E-state index is 13.4. The molecule has 0 spiro atoms. The Bertz CT molecular complexity index is 1870. The summed E-state index contributed by atoms with van der Waals surface area (Å²) < 4.78 is 36.5. The molecule has 5 rings (SSSR count). The second-order valence-electron chi connectivity index (χ2n) is 8.62. The van der Waals surface area contributed by atoms with E-state index >= 15 is 0 Å². The summed E-state index contributed by atoms with van der Waals surface area (Å²) in [5, 5.41) is 5.15. The number of nitrogens with two attached hydrogens (primary N) is 1. The first-order valence-electron chi connectivity index (χ1n) is 11.2. The number of aromatic nitrogens is 3. The average molecular weight is 537 g/mol. The third-order valence-corrected chi connectivity index (χ3v) is 6.95. The van der Waals surface area contributed by atoms with E-state index in [2.05, 4.69) is 15.0 Å². The molecule has 1 unspecified atom stereocenters. The number of halogens is 1. The van der Waals surface area contributed by atoms with Gasteiger partial charge >= 0.3 is 0 Å². The van der Waals surface area contributed by atoms with Crippen LogP contribution in [0.2, 0.25) is 5.15 Å². The Hall–Kier alpha value is -3.86. The van der Waals surface area contributed by atoms with Crippen molar-refractivity contribution in [2.75, 3.05) is 0 Å². The quantitative estimate of drug-likeness (QED) is 0.314. The van der Waals surface area contributed by atoms with Gasteiger partial charge < -0.3 is 9.15 Å². The van der Waals surface area contributed by atoms with Crippen molar-refractivity contribution in [1.29, 1.82) is 0 Å². The predicted octanol–water partition coefficient (Wildman–Crippen LogP) is 4.86. The molecule has 0 amide bonds. The number of benzene rings is 1. The average Bonchev–Trinajstić information content (AvgIpc) is 2.86. The number of aryl methyl sites for hydroxylation is 1. The van der Waals surface area contributed by atoms with E-state index in [1.54, 1.807) is 38.4 Å². The largest absolute Gasteiger partial charge is 0.483 e. The molecule has 0 aliphatic heterocycles. The first kappa shape index (κ1) is 24.8. The Morgan fingerprint density at radius 3 is 2.62 bits per heavy atom. The smallest absolute Gasteiger partial charge is 0.259 e. The molecule has 5 aromatic rings. The van der Waals surface area contributed by atoms with E-state index in [1.807, 2.05) is 25.1 Å². The topological polar surface area (TPSA) is 138 Å². The number of rotatable bonds is 5. The van der Waals surface area contributed by atoms with Crippen LogP contribution in [-0.4, -0.2) is 23.4 Å². The Morgan fingerprint density at radius 1 is 1.08 bits per heavy atom. The van der Waals surface area contributed by atoms with Gasteiger partial charge in [-0.25, -0.2) is 18.5 Å². The van der Waals surface area contributed by atoms with Crippen molar-refractivity contribution in [2.24, 2.45) is 5.14 Å². The fraction of sp³-hybridized carbons (Fsp3) is 0.154. The molecule has 0 aliphatic carbocycles. The van der Waals surface area contributed by atoms with E-state index in [9.17, 15) is 13.2 Å². The van der Waals surface area contributed by atoms with Crippen LogP contribution in [0.3, 0.4) is 0 Å². The highest BCUT2D eigenvalue weighted by atomic mass is 35.5. The molecule has 4 heterocycles. The number of pyridine rings is 3. The van der Waals surface area contributed by atoms with E-state index in [-0.39, 0.29) is 16.3 Å². The molecule has 2 N–H and O–H groups in total. The van der Waals surface area contributed by atoms with Gasteiger partial charge in [0.05, 0.1) is 16.4 Å². The standard InChI is InChI=1S/C26H21ClN4O5S/c1-13-9-17(15(3)35-21-6-7-22(27)31-26(21)37(28,33)34)25-18(10-13)23(32)14(2)24(36-25)16-11-20-19(30-12-16)5-4-8-29-20/h4-12,15H,1-3H3,(H2,28,33,34). The monoisotopic (exact) mass is 536 g/mol. The van der Waals surface area contributed by atoms with E-state index < -0.39 is 21.2 Å². The van der Waals surface area contributed by atoms with Crippen molar-refractivity contribution in [1.82, 2.24) is 15.0 Å². The highest BCUT2D eigenvalue weighted by Gasteiger charge is 2.24. The molecule has 0 fully saturated rings. The molecule has 1 atom stereocenters. The van der Waals surface area contributed by atoms with Gasteiger partial charge in [0.15, 0.2) is 11.2 Å². The van der Waals surface area contributed by atoms with Gasteiger partial charge in [0.25, 0.3) is 10.0 Å². The van der Waals surface area contributed by atoms with Gasteiger partial charge in [0.2, 0.25) is 5.03 Å². The van der Waals surface area contributed by atoms with Crippen LogP contribution < -0.4 is 15.3 Å². The SMILES string of the molecule is Cc1cc(C(C)Oc2ccc(Cl)nc2S(N)(=O)=O)c2oc(-c3cnc4cccnc4c3)c(C)c(=O)c2c1. The normalized spacial score (nSPS) is 12.7. The molecule has 188 valence electrons. The lowest BCUT2D eigenvalue weighted by atomic mass is 10.00. The molecular weight excluding hydrogens is 516 g/mol. The third-order valence-electron chi connectivity index (χ3n) is 5.91. The van der Waals surface area contributed by atoms with E-state index in [0.717, 1.165) is 5.56 Å². The molecular formula is C26H21ClN4O5S. The molecule has 11 heteroatoms. The van der Waals surface area contributed by atoms with E-state index in [1.165, 1.54) is 12.1 Å². The van der Waals surface area contributed by atoms with Gasteiger partial charge in [-0.3, -0.25) is 14.8 Å². The van der Waals surface area contributed by atoms with Crippen LogP contribution in [0.25, 0.3) is 33.3 Å². The second-order valence-corrected chi connectivity index (χ2v) is 10.5. The Kier molecular flexibility index (Phi) is 6.18. The fourth-order valence-electron chi connectivity index (χ4n) is 4.17. The van der Waals surface area contributed by atoms with Crippen molar-refractivity contribution in [3.63, 3.8) is 0 Å². The summed E-state index contributed by atoms with van der Waals surface area (Å²) in [5.74, 6) is 0.279. The molecule has 9 nitrogen and oxygen atoms in total. The number of primary sulfonamides is 1. The van der Waals surface area contributed by atoms with Gasteiger partial charge in [-0.05, 0) is 68.8 Å². The summed E-state index contributed by atoms with van der Waals surface area (Å²) in [4.78, 5) is 26.0. The van der Waals surface area contributed by atoms with Crippen molar-refractivity contribution in [2.45, 2.75) is 31.9 Å². The van der Waals surface area contributed by atoms with Crippen LogP contribution in [0, 0.1) is 13.8 Å². The van der Waals surface area contributed by atoms with Gasteiger partial charge in [-0.1, -0.05) is 11.6 Å². The molecule has 0 aliphatic rings. The summed E-state index contributed by atoms with van der Waals surface area (Å²) in [6.45, 7) is 5.25. The minimum Gasteiger partial charge on any atom is -0.483 e. The maximum absolute atomic E-state index is 13.4. The minimum atomic E-state index is -4.21. The van der Waals surface area contributed by atoms with Crippen LogP contribution >= 0.6 is 11.6 Å². The lowest BCUT2D eigenvalue weighted by molar-refractivity contribution is 0.219. The minimum absolute atomic E-state index is 0.0466. The number of hydrogen-bond donors (Lipinski definition) is 1. The summed E-state index contributed by atoms with van der Waals surface area (Å²) in [6.07, 6.45) is 2.55. The number of nitrogens with zero attached hydrogens (tertiary/aromatic N) is 3. The maximum Gasteiger partial charge on any atom is 0.259 e. The van der Waals surface area contributed by atoms with E-state index in [0.29, 0.717) is 44.5 Å². The van der Waals surface area contributed by atoms with Gasteiger partial charge in [-0.2, -0.15) is 0 Å². The Balaban J connectivity index is 1.68. The van der Waals surface area contributed by atoms with Crippen LogP contribution in [0.5, 0.6) is 5.75 Å². The summed E-state index contributed by atoms with van der Waals surface area (Å²) >= 11 is 5.87. The summed E-state index contributed by atoms with van der Waals surface area (Å²) in [6, 6.07) is 11.8. The molecule has 37 heavy (non-hydrogen) atoms. The van der Waals surface area contributed by atoms with Crippen LogP contribution in [0.15, 0.2) is 69.1 Å².